The first-order chi connectivity index (χ1) is 10.8. The Morgan fingerprint density at radius 3 is 2.61 bits per heavy atom. The Morgan fingerprint density at radius 2 is 1.96 bits per heavy atom. The molecule has 0 aliphatic carbocycles. The molecule has 6 nitrogen and oxygen atoms in total. The van der Waals surface area contributed by atoms with Gasteiger partial charge in [0.2, 0.25) is 0 Å². The third-order valence-corrected chi connectivity index (χ3v) is 4.37. The number of benzene rings is 1. The number of carbonyl (C=O) groups is 2. The second-order valence-electron chi connectivity index (χ2n) is 6.10. The van der Waals surface area contributed by atoms with Crippen LogP contribution in [0.1, 0.15) is 31.4 Å². The number of carbonyl (C=O) groups excluding carboxylic acids is 2. The van der Waals surface area contributed by atoms with Crippen LogP contribution in [-0.4, -0.2) is 22.4 Å². The number of aryl methyl sites for hydroxylation is 1. The van der Waals surface area contributed by atoms with Crippen molar-refractivity contribution in [1.82, 2.24) is 10.2 Å². The highest BCUT2D eigenvalue weighted by atomic mass is 16.4. The Hall–Kier alpha value is -2.63. The van der Waals surface area contributed by atoms with E-state index in [1.54, 1.807) is 13.0 Å². The topological polar surface area (TPSA) is 79.6 Å². The van der Waals surface area contributed by atoms with Gasteiger partial charge >= 0.3 is 11.7 Å². The molecule has 2 aromatic rings. The van der Waals surface area contributed by atoms with Crippen LogP contribution in [0.15, 0.2) is 33.5 Å². The molecule has 0 radical (unpaired) electrons. The number of hydrogen-bond acceptors (Lipinski definition) is 4. The summed E-state index contributed by atoms with van der Waals surface area (Å²) < 4.78 is 5.20. The SMILES string of the molecule is CC[C@]1(C)NC(=O)N(Cc2cc(=O)oc3cc(C)ccc23)C1=O. The number of urea groups is 1. The molecule has 23 heavy (non-hydrogen) atoms. The van der Waals surface area contributed by atoms with Crippen molar-refractivity contribution in [2.24, 2.45) is 0 Å². The fraction of sp³-hybridized carbons (Fsp3) is 0.353. The van der Waals surface area contributed by atoms with Crippen molar-refractivity contribution >= 4 is 22.9 Å². The molecular formula is C17H18N2O4. The summed E-state index contributed by atoms with van der Waals surface area (Å²) in [7, 11) is 0. The van der Waals surface area contributed by atoms with Crippen LogP contribution < -0.4 is 10.9 Å². The van der Waals surface area contributed by atoms with Crippen LogP contribution >= 0.6 is 0 Å². The third-order valence-electron chi connectivity index (χ3n) is 4.37. The minimum Gasteiger partial charge on any atom is -0.423 e. The third kappa shape index (κ3) is 2.50. The lowest BCUT2D eigenvalue weighted by Gasteiger charge is -2.19. The first-order valence-electron chi connectivity index (χ1n) is 7.51. The zero-order chi connectivity index (χ0) is 16.8. The summed E-state index contributed by atoms with van der Waals surface area (Å²) >= 11 is 0. The van der Waals surface area contributed by atoms with Gasteiger partial charge in [0, 0.05) is 11.5 Å². The van der Waals surface area contributed by atoms with Crippen molar-refractivity contribution in [3.05, 3.63) is 45.8 Å². The van der Waals surface area contributed by atoms with Gasteiger partial charge in [0.25, 0.3) is 5.91 Å². The number of nitrogens with one attached hydrogen (secondary N) is 1. The number of fused-ring (bicyclic) bond motifs is 1. The highest BCUT2D eigenvalue weighted by Gasteiger charge is 2.46. The molecular weight excluding hydrogens is 296 g/mol. The molecule has 1 N–H and O–H groups in total. The van der Waals surface area contributed by atoms with Crippen LogP contribution in [0.4, 0.5) is 4.79 Å². The molecule has 2 heterocycles. The Bertz CT molecular complexity index is 871. The number of amides is 3. The van der Waals surface area contributed by atoms with E-state index >= 15 is 0 Å². The molecule has 1 fully saturated rings. The van der Waals surface area contributed by atoms with Gasteiger partial charge in [0.05, 0.1) is 6.54 Å². The molecule has 1 saturated heterocycles. The van der Waals surface area contributed by atoms with E-state index < -0.39 is 17.2 Å². The molecule has 0 spiro atoms. The lowest BCUT2D eigenvalue weighted by molar-refractivity contribution is -0.131. The van der Waals surface area contributed by atoms with Gasteiger partial charge in [0.15, 0.2) is 0 Å². The van der Waals surface area contributed by atoms with Crippen molar-refractivity contribution < 1.29 is 14.0 Å². The monoisotopic (exact) mass is 314 g/mol. The molecule has 0 unspecified atom stereocenters. The predicted octanol–water partition coefficient (Wildman–Crippen LogP) is 2.32. The van der Waals surface area contributed by atoms with E-state index in [4.69, 9.17) is 4.42 Å². The highest BCUT2D eigenvalue weighted by molar-refractivity contribution is 6.06. The van der Waals surface area contributed by atoms with E-state index in [9.17, 15) is 14.4 Å². The molecule has 1 aromatic heterocycles. The summed E-state index contributed by atoms with van der Waals surface area (Å²) in [5.74, 6) is -0.279. The lowest BCUT2D eigenvalue weighted by Crippen LogP contribution is -2.43. The van der Waals surface area contributed by atoms with Gasteiger partial charge in [-0.3, -0.25) is 9.69 Å². The molecule has 1 aromatic carbocycles. The molecule has 0 bridgehead atoms. The summed E-state index contributed by atoms with van der Waals surface area (Å²) in [5.41, 5.74) is 0.635. The van der Waals surface area contributed by atoms with Crippen LogP contribution in [0.25, 0.3) is 11.0 Å². The van der Waals surface area contributed by atoms with Crippen LogP contribution in [-0.2, 0) is 11.3 Å². The minimum absolute atomic E-state index is 0.0470. The maximum absolute atomic E-state index is 12.5. The van der Waals surface area contributed by atoms with E-state index in [1.807, 2.05) is 26.0 Å². The minimum atomic E-state index is -0.886. The largest absolute Gasteiger partial charge is 0.423 e. The zero-order valence-electron chi connectivity index (χ0n) is 13.3. The Kier molecular flexibility index (Phi) is 3.47. The van der Waals surface area contributed by atoms with Gasteiger partial charge in [-0.25, -0.2) is 9.59 Å². The smallest absolute Gasteiger partial charge is 0.336 e. The standard InChI is InChI=1S/C17H18N2O4/c1-4-17(3)15(21)19(16(22)18-17)9-11-8-14(20)23-13-7-10(2)5-6-12(11)13/h5-8H,4,9H2,1-3H3,(H,18,22)/t17-/m0/s1. The molecule has 6 heteroatoms. The maximum atomic E-state index is 12.5. The zero-order valence-corrected chi connectivity index (χ0v) is 13.3. The lowest BCUT2D eigenvalue weighted by atomic mass is 9.99. The Labute approximate surface area is 133 Å². The fourth-order valence-corrected chi connectivity index (χ4v) is 2.77. The second-order valence-corrected chi connectivity index (χ2v) is 6.10. The molecule has 3 rings (SSSR count). The summed E-state index contributed by atoms with van der Waals surface area (Å²) in [5, 5.41) is 3.43. The van der Waals surface area contributed by atoms with Crippen LogP contribution in [0.3, 0.4) is 0 Å². The van der Waals surface area contributed by atoms with Gasteiger partial charge in [-0.15, -0.1) is 0 Å². The van der Waals surface area contributed by atoms with Gasteiger partial charge in [-0.1, -0.05) is 19.1 Å². The Morgan fingerprint density at radius 1 is 1.22 bits per heavy atom. The first-order valence-corrected chi connectivity index (χ1v) is 7.51. The van der Waals surface area contributed by atoms with Crippen molar-refractivity contribution in [3.8, 4) is 0 Å². The van der Waals surface area contributed by atoms with Crippen LogP contribution in [0, 0.1) is 6.92 Å². The van der Waals surface area contributed by atoms with Crippen LogP contribution in [0.2, 0.25) is 0 Å². The predicted molar refractivity (Wildman–Crippen MR) is 85.0 cm³/mol. The molecule has 120 valence electrons. The second kappa shape index (κ2) is 5.22. The number of hydrogen-bond donors (Lipinski definition) is 1. The van der Waals surface area contributed by atoms with Gasteiger partial charge in [-0.2, -0.15) is 0 Å². The van der Waals surface area contributed by atoms with E-state index in [0.29, 0.717) is 17.6 Å². The average molecular weight is 314 g/mol. The maximum Gasteiger partial charge on any atom is 0.336 e. The average Bonchev–Trinajstić information content (AvgIpc) is 2.70. The van der Waals surface area contributed by atoms with E-state index in [2.05, 4.69) is 5.32 Å². The Balaban J connectivity index is 2.04. The van der Waals surface area contributed by atoms with Crippen molar-refractivity contribution in [2.75, 3.05) is 0 Å². The highest BCUT2D eigenvalue weighted by Crippen LogP contribution is 2.25. The molecule has 0 saturated carbocycles. The van der Waals surface area contributed by atoms with Gasteiger partial charge in [0.1, 0.15) is 11.1 Å². The van der Waals surface area contributed by atoms with Gasteiger partial charge < -0.3 is 9.73 Å². The summed E-state index contributed by atoms with van der Waals surface area (Å²) in [6, 6.07) is 6.39. The normalized spacial score (nSPS) is 21.1. The van der Waals surface area contributed by atoms with Crippen LogP contribution in [0.5, 0.6) is 0 Å². The quantitative estimate of drug-likeness (QED) is 0.696. The van der Waals surface area contributed by atoms with E-state index in [0.717, 1.165) is 15.8 Å². The number of rotatable bonds is 3. The number of nitrogens with zero attached hydrogens (tertiary/aromatic N) is 1. The molecule has 3 amide bonds. The summed E-state index contributed by atoms with van der Waals surface area (Å²) in [4.78, 5) is 37.5. The first kappa shape index (κ1) is 15.3. The summed E-state index contributed by atoms with van der Waals surface area (Å²) in [6.45, 7) is 5.49. The van der Waals surface area contributed by atoms with Crippen molar-refractivity contribution in [2.45, 2.75) is 39.3 Å². The summed E-state index contributed by atoms with van der Waals surface area (Å²) in [6.07, 6.45) is 0.505. The fourth-order valence-electron chi connectivity index (χ4n) is 2.77. The molecule has 1 aliphatic heterocycles. The molecule has 1 atom stereocenters. The van der Waals surface area contributed by atoms with E-state index in [-0.39, 0.29) is 12.5 Å². The van der Waals surface area contributed by atoms with Crippen molar-refractivity contribution in [1.29, 1.82) is 0 Å². The van der Waals surface area contributed by atoms with Gasteiger partial charge in [-0.05, 0) is 37.5 Å². The number of imide groups is 1. The van der Waals surface area contributed by atoms with E-state index in [1.165, 1.54) is 6.07 Å². The molecule has 1 aliphatic rings. The van der Waals surface area contributed by atoms with Crippen molar-refractivity contribution in [3.63, 3.8) is 0 Å².